The highest BCUT2D eigenvalue weighted by molar-refractivity contribution is 7.11. The molecule has 2 nitrogen and oxygen atoms in total. The van der Waals surface area contributed by atoms with Gasteiger partial charge >= 0.3 is 0 Å². The Morgan fingerprint density at radius 2 is 1.91 bits per heavy atom. The molecule has 2 heterocycles. The van der Waals surface area contributed by atoms with Crippen LogP contribution in [0.2, 0.25) is 10.0 Å². The third kappa shape index (κ3) is 4.94. The lowest BCUT2D eigenvalue weighted by Gasteiger charge is -2.32. The zero-order valence-corrected chi connectivity index (χ0v) is 15.6. The number of aryl methyl sites for hydroxylation is 1. The molecule has 0 saturated carbocycles. The lowest BCUT2D eigenvalue weighted by Crippen LogP contribution is -2.41. The molecule has 124 valence electrons. The fourth-order valence-electron chi connectivity index (χ4n) is 3.02. The minimum atomic E-state index is 0.627. The van der Waals surface area contributed by atoms with E-state index in [0.717, 1.165) is 26.2 Å². The van der Waals surface area contributed by atoms with Gasteiger partial charge in [-0.3, -0.25) is 4.90 Å². The van der Waals surface area contributed by atoms with Crippen molar-refractivity contribution in [3.05, 3.63) is 55.7 Å². The van der Waals surface area contributed by atoms with Crippen molar-refractivity contribution < 1.29 is 0 Å². The van der Waals surface area contributed by atoms with Gasteiger partial charge in [0.25, 0.3) is 0 Å². The molecule has 0 bridgehead atoms. The van der Waals surface area contributed by atoms with Gasteiger partial charge in [-0.15, -0.1) is 11.3 Å². The van der Waals surface area contributed by atoms with Crippen molar-refractivity contribution in [3.8, 4) is 0 Å². The normalized spacial score (nSPS) is 16.8. The number of piperidine rings is 1. The number of thiophene rings is 1. The number of likely N-dealkylation sites (tertiary alicyclic amines) is 1. The number of rotatable bonds is 5. The van der Waals surface area contributed by atoms with Crippen molar-refractivity contribution >= 4 is 34.5 Å². The van der Waals surface area contributed by atoms with Crippen LogP contribution in [0.3, 0.4) is 0 Å². The largest absolute Gasteiger partial charge is 0.309 e. The summed E-state index contributed by atoms with van der Waals surface area (Å²) in [6.07, 6.45) is 2.40. The molecule has 5 heteroatoms. The van der Waals surface area contributed by atoms with E-state index in [1.807, 2.05) is 23.5 Å². The molecule has 0 spiro atoms. The summed E-state index contributed by atoms with van der Waals surface area (Å²) in [4.78, 5) is 5.31. The second kappa shape index (κ2) is 8.00. The Labute approximate surface area is 152 Å². The van der Waals surface area contributed by atoms with Gasteiger partial charge in [-0.1, -0.05) is 29.3 Å². The van der Waals surface area contributed by atoms with E-state index in [4.69, 9.17) is 23.2 Å². The molecule has 0 amide bonds. The van der Waals surface area contributed by atoms with Gasteiger partial charge in [0.05, 0.1) is 10.0 Å². The third-order valence-corrected chi connectivity index (χ3v) is 6.08. The van der Waals surface area contributed by atoms with Gasteiger partial charge in [-0.25, -0.2) is 0 Å². The predicted octanol–water partition coefficient (Wildman–Crippen LogP) is 5.12. The molecule has 1 aromatic heterocycles. The first-order chi connectivity index (χ1) is 11.1. The van der Waals surface area contributed by atoms with Gasteiger partial charge in [0, 0.05) is 28.9 Å². The van der Waals surface area contributed by atoms with E-state index < -0.39 is 0 Å². The SMILES string of the molecule is Cc1ccc(CNC2CCN(Cc3ccc(Cl)c(Cl)c3)CC2)s1. The van der Waals surface area contributed by atoms with Crippen LogP contribution in [0.1, 0.15) is 28.2 Å². The number of nitrogens with zero attached hydrogens (tertiary/aromatic N) is 1. The van der Waals surface area contributed by atoms with E-state index in [9.17, 15) is 0 Å². The predicted molar refractivity (Wildman–Crippen MR) is 101 cm³/mol. The average Bonchev–Trinajstić information content (AvgIpc) is 2.96. The first-order valence-corrected chi connectivity index (χ1v) is 9.62. The summed E-state index contributed by atoms with van der Waals surface area (Å²) in [6, 6.07) is 11.0. The smallest absolute Gasteiger partial charge is 0.0595 e. The summed E-state index contributed by atoms with van der Waals surface area (Å²) >= 11 is 14.0. The van der Waals surface area contributed by atoms with E-state index >= 15 is 0 Å². The Bertz CT molecular complexity index is 648. The van der Waals surface area contributed by atoms with Crippen LogP contribution in [0.4, 0.5) is 0 Å². The van der Waals surface area contributed by atoms with Gasteiger partial charge < -0.3 is 5.32 Å². The average molecular weight is 369 g/mol. The van der Waals surface area contributed by atoms with Crippen molar-refractivity contribution in [2.75, 3.05) is 13.1 Å². The number of benzene rings is 1. The number of hydrogen-bond acceptors (Lipinski definition) is 3. The van der Waals surface area contributed by atoms with Crippen LogP contribution in [0, 0.1) is 6.92 Å². The van der Waals surface area contributed by atoms with Crippen molar-refractivity contribution in [1.82, 2.24) is 10.2 Å². The quantitative estimate of drug-likeness (QED) is 0.787. The van der Waals surface area contributed by atoms with E-state index in [1.165, 1.54) is 28.2 Å². The highest BCUT2D eigenvalue weighted by Gasteiger charge is 2.19. The lowest BCUT2D eigenvalue weighted by molar-refractivity contribution is 0.190. The molecule has 3 rings (SSSR count). The van der Waals surface area contributed by atoms with Crippen molar-refractivity contribution in [2.24, 2.45) is 0 Å². The zero-order valence-electron chi connectivity index (χ0n) is 13.3. The van der Waals surface area contributed by atoms with Crippen LogP contribution in [0.15, 0.2) is 30.3 Å². The van der Waals surface area contributed by atoms with Gasteiger partial charge in [-0.05, 0) is 62.7 Å². The minimum absolute atomic E-state index is 0.627. The van der Waals surface area contributed by atoms with Gasteiger partial charge in [-0.2, -0.15) is 0 Å². The lowest BCUT2D eigenvalue weighted by atomic mass is 10.0. The van der Waals surface area contributed by atoms with E-state index in [0.29, 0.717) is 16.1 Å². The second-order valence-electron chi connectivity index (χ2n) is 6.19. The van der Waals surface area contributed by atoms with Gasteiger partial charge in [0.1, 0.15) is 0 Å². The van der Waals surface area contributed by atoms with Crippen LogP contribution in [-0.4, -0.2) is 24.0 Å². The van der Waals surface area contributed by atoms with Crippen LogP contribution in [0.5, 0.6) is 0 Å². The molecule has 0 radical (unpaired) electrons. The summed E-state index contributed by atoms with van der Waals surface area (Å²) in [6.45, 7) is 6.36. The highest BCUT2D eigenvalue weighted by atomic mass is 35.5. The van der Waals surface area contributed by atoms with Crippen molar-refractivity contribution in [3.63, 3.8) is 0 Å². The topological polar surface area (TPSA) is 15.3 Å². The standard InChI is InChI=1S/C18H22Cl2N2S/c1-13-2-4-16(23-13)11-21-15-6-8-22(9-7-15)12-14-3-5-17(19)18(20)10-14/h2-5,10,15,21H,6-9,11-12H2,1H3. The molecular weight excluding hydrogens is 347 g/mol. The Morgan fingerprint density at radius 3 is 2.57 bits per heavy atom. The van der Waals surface area contributed by atoms with Gasteiger partial charge in [0.2, 0.25) is 0 Å². The van der Waals surface area contributed by atoms with Crippen LogP contribution < -0.4 is 5.32 Å². The molecule has 1 saturated heterocycles. The van der Waals surface area contributed by atoms with Crippen LogP contribution >= 0.6 is 34.5 Å². The Balaban J connectivity index is 1.43. The number of halogens is 2. The van der Waals surface area contributed by atoms with E-state index in [-0.39, 0.29) is 0 Å². The molecule has 0 unspecified atom stereocenters. The molecule has 1 aromatic carbocycles. The maximum absolute atomic E-state index is 6.10. The zero-order chi connectivity index (χ0) is 16.2. The monoisotopic (exact) mass is 368 g/mol. The maximum Gasteiger partial charge on any atom is 0.0595 e. The Kier molecular flexibility index (Phi) is 6.00. The van der Waals surface area contributed by atoms with Gasteiger partial charge in [0.15, 0.2) is 0 Å². The molecule has 23 heavy (non-hydrogen) atoms. The maximum atomic E-state index is 6.10. The summed E-state index contributed by atoms with van der Waals surface area (Å²) < 4.78 is 0. The summed E-state index contributed by atoms with van der Waals surface area (Å²) in [7, 11) is 0. The van der Waals surface area contributed by atoms with Crippen molar-refractivity contribution in [2.45, 2.75) is 38.9 Å². The van der Waals surface area contributed by atoms with E-state index in [2.05, 4.69) is 35.3 Å². The van der Waals surface area contributed by atoms with Crippen LogP contribution in [-0.2, 0) is 13.1 Å². The van der Waals surface area contributed by atoms with Crippen molar-refractivity contribution in [1.29, 1.82) is 0 Å². The summed E-state index contributed by atoms with van der Waals surface area (Å²) in [5.74, 6) is 0. The molecule has 1 N–H and O–H groups in total. The summed E-state index contributed by atoms with van der Waals surface area (Å²) in [5.41, 5.74) is 1.24. The third-order valence-electron chi connectivity index (χ3n) is 4.34. The Hall–Kier alpha value is -0.580. The fourth-order valence-corrected chi connectivity index (χ4v) is 4.18. The number of nitrogens with one attached hydrogen (secondary N) is 1. The molecule has 0 aliphatic carbocycles. The highest BCUT2D eigenvalue weighted by Crippen LogP contribution is 2.24. The summed E-state index contributed by atoms with van der Waals surface area (Å²) in [5, 5.41) is 4.97. The Morgan fingerprint density at radius 1 is 1.13 bits per heavy atom. The minimum Gasteiger partial charge on any atom is -0.309 e. The first-order valence-electron chi connectivity index (χ1n) is 8.05. The molecule has 1 aliphatic heterocycles. The van der Waals surface area contributed by atoms with Crippen LogP contribution in [0.25, 0.3) is 0 Å². The molecule has 2 aromatic rings. The fraction of sp³-hybridized carbons (Fsp3) is 0.444. The van der Waals surface area contributed by atoms with E-state index in [1.54, 1.807) is 0 Å². The second-order valence-corrected chi connectivity index (χ2v) is 8.38. The first kappa shape index (κ1) is 17.2. The molecule has 1 fully saturated rings. The molecule has 0 atom stereocenters. The molecular formula is C18H22Cl2N2S. The molecule has 1 aliphatic rings. The number of hydrogen-bond donors (Lipinski definition) is 1.